The molecule has 1 aromatic carbocycles. The first kappa shape index (κ1) is 12.1. The molecule has 0 spiro atoms. The second-order valence-corrected chi connectivity index (χ2v) is 4.55. The number of rotatable bonds is 1. The molecule has 0 saturated carbocycles. The van der Waals surface area contributed by atoms with Gasteiger partial charge in [0.15, 0.2) is 0 Å². The summed E-state index contributed by atoms with van der Waals surface area (Å²) in [4.78, 5) is 0. The number of ether oxygens (including phenoxy) is 1. The molecule has 4 N–H and O–H groups in total. The molecule has 6 heteroatoms. The number of H-pyrrole nitrogens is 1. The Balaban J connectivity index is 2.29. The van der Waals surface area contributed by atoms with Gasteiger partial charge in [0.05, 0.1) is 5.92 Å². The lowest BCUT2D eigenvalue weighted by Gasteiger charge is -2.24. The number of hydrogen-bond donors (Lipinski definition) is 3. The number of aromatic amines is 1. The second kappa shape index (κ2) is 4.31. The fourth-order valence-corrected chi connectivity index (χ4v) is 2.44. The lowest BCUT2D eigenvalue weighted by molar-refractivity contribution is 0.377. The van der Waals surface area contributed by atoms with Gasteiger partial charge in [-0.05, 0) is 13.0 Å². The van der Waals surface area contributed by atoms with Crippen LogP contribution in [0.15, 0.2) is 35.7 Å². The number of nitrogens with two attached hydrogens (primary N) is 1. The van der Waals surface area contributed by atoms with Gasteiger partial charge in [-0.3, -0.25) is 5.10 Å². The van der Waals surface area contributed by atoms with E-state index < -0.39 is 5.92 Å². The minimum Gasteiger partial charge on any atom is -0.508 e. The zero-order valence-corrected chi connectivity index (χ0v) is 10.7. The number of allylic oxidation sites excluding steroid dienone is 1. The summed E-state index contributed by atoms with van der Waals surface area (Å²) in [6, 6.07) is 8.91. The van der Waals surface area contributed by atoms with Crippen LogP contribution in [0.4, 0.5) is 0 Å². The van der Waals surface area contributed by atoms with Crippen molar-refractivity contribution in [3.8, 4) is 17.7 Å². The van der Waals surface area contributed by atoms with Crippen LogP contribution in [-0.2, 0) is 0 Å². The summed E-state index contributed by atoms with van der Waals surface area (Å²) in [7, 11) is 0. The summed E-state index contributed by atoms with van der Waals surface area (Å²) in [5.74, 6) is -0.0257. The van der Waals surface area contributed by atoms with Gasteiger partial charge in [-0.2, -0.15) is 5.26 Å². The van der Waals surface area contributed by atoms with Gasteiger partial charge in [-0.25, -0.2) is 0 Å². The predicted octanol–water partition coefficient (Wildman–Crippen LogP) is 1.64. The smallest absolute Gasteiger partial charge is 0.244 e. The molecule has 1 atom stereocenters. The summed E-state index contributed by atoms with van der Waals surface area (Å²) in [6.45, 7) is 1.83. The molecule has 2 heterocycles. The molecule has 1 aliphatic rings. The number of phenolic OH excluding ortho intramolecular Hbond substituents is 1. The first-order valence-corrected chi connectivity index (χ1v) is 6.03. The Hall–Kier alpha value is -2.94. The normalized spacial score (nSPS) is 17.3. The zero-order chi connectivity index (χ0) is 14.3. The summed E-state index contributed by atoms with van der Waals surface area (Å²) in [6.07, 6.45) is 0. The number of aryl methyl sites for hydroxylation is 1. The molecule has 1 aromatic heterocycles. The van der Waals surface area contributed by atoms with Crippen LogP contribution in [0.5, 0.6) is 11.6 Å². The van der Waals surface area contributed by atoms with E-state index in [0.29, 0.717) is 11.4 Å². The molecule has 0 aliphatic carbocycles. The van der Waals surface area contributed by atoms with Crippen molar-refractivity contribution in [2.45, 2.75) is 12.8 Å². The van der Waals surface area contributed by atoms with E-state index in [4.69, 9.17) is 10.5 Å². The van der Waals surface area contributed by atoms with E-state index in [0.717, 1.165) is 11.3 Å². The number of nitrogens with one attached hydrogen (secondary N) is 1. The van der Waals surface area contributed by atoms with E-state index in [-0.39, 0.29) is 17.2 Å². The molecule has 0 saturated heterocycles. The number of phenols is 1. The molecule has 20 heavy (non-hydrogen) atoms. The summed E-state index contributed by atoms with van der Waals surface area (Å²) in [5, 5.41) is 26.3. The van der Waals surface area contributed by atoms with Gasteiger partial charge in [0.2, 0.25) is 11.8 Å². The van der Waals surface area contributed by atoms with E-state index >= 15 is 0 Å². The highest BCUT2D eigenvalue weighted by molar-refractivity contribution is 5.57. The van der Waals surface area contributed by atoms with Crippen LogP contribution in [-0.4, -0.2) is 15.3 Å². The number of para-hydroxylation sites is 1. The van der Waals surface area contributed by atoms with Gasteiger partial charge >= 0.3 is 0 Å². The fourth-order valence-electron chi connectivity index (χ4n) is 2.44. The molecule has 0 bridgehead atoms. The maximum atomic E-state index is 10.1. The summed E-state index contributed by atoms with van der Waals surface area (Å²) in [5.41, 5.74) is 8.15. The van der Waals surface area contributed by atoms with Crippen molar-refractivity contribution in [3.63, 3.8) is 0 Å². The SMILES string of the molecule is Cc1[nH]nc2c1[C@@H](c1ccccc1O)C(C#N)=C(N)O2. The molecule has 0 radical (unpaired) electrons. The number of hydrogen-bond acceptors (Lipinski definition) is 5. The highest BCUT2D eigenvalue weighted by Crippen LogP contribution is 2.44. The highest BCUT2D eigenvalue weighted by atomic mass is 16.5. The Morgan fingerprint density at radius 2 is 2.20 bits per heavy atom. The molecule has 100 valence electrons. The van der Waals surface area contributed by atoms with Crippen molar-refractivity contribution >= 4 is 0 Å². The molecule has 0 fully saturated rings. The van der Waals surface area contributed by atoms with Crippen molar-refractivity contribution in [2.75, 3.05) is 0 Å². The van der Waals surface area contributed by atoms with Crippen molar-refractivity contribution in [1.29, 1.82) is 5.26 Å². The van der Waals surface area contributed by atoms with E-state index in [2.05, 4.69) is 16.3 Å². The topological polar surface area (TPSA) is 108 Å². The number of nitriles is 1. The highest BCUT2D eigenvalue weighted by Gasteiger charge is 2.35. The van der Waals surface area contributed by atoms with Crippen LogP contribution >= 0.6 is 0 Å². The average Bonchev–Trinajstić information content (AvgIpc) is 2.79. The fraction of sp³-hybridized carbons (Fsp3) is 0.143. The van der Waals surface area contributed by atoms with Crippen molar-refractivity contribution in [3.05, 3.63) is 52.5 Å². The Morgan fingerprint density at radius 3 is 2.90 bits per heavy atom. The monoisotopic (exact) mass is 268 g/mol. The van der Waals surface area contributed by atoms with Crippen LogP contribution in [0.2, 0.25) is 0 Å². The van der Waals surface area contributed by atoms with E-state index in [1.165, 1.54) is 0 Å². The van der Waals surface area contributed by atoms with Crippen LogP contribution in [0.25, 0.3) is 0 Å². The van der Waals surface area contributed by atoms with E-state index in [1.54, 1.807) is 24.3 Å². The predicted molar refractivity (Wildman–Crippen MR) is 70.7 cm³/mol. The molecule has 3 rings (SSSR count). The van der Waals surface area contributed by atoms with Gasteiger partial charge in [0, 0.05) is 16.8 Å². The Kier molecular flexibility index (Phi) is 2.61. The van der Waals surface area contributed by atoms with Crippen LogP contribution < -0.4 is 10.5 Å². The van der Waals surface area contributed by atoms with E-state index in [1.807, 2.05) is 6.92 Å². The van der Waals surface area contributed by atoms with Crippen molar-refractivity contribution in [2.24, 2.45) is 5.73 Å². The minimum absolute atomic E-state index is 0.0137. The van der Waals surface area contributed by atoms with Crippen molar-refractivity contribution < 1.29 is 9.84 Å². The first-order valence-electron chi connectivity index (χ1n) is 6.03. The third-order valence-corrected chi connectivity index (χ3v) is 3.38. The molecular weight excluding hydrogens is 256 g/mol. The molecule has 6 nitrogen and oxygen atoms in total. The Bertz CT molecular complexity index is 755. The average molecular weight is 268 g/mol. The standard InChI is InChI=1S/C14H12N4O2/c1-7-11-12(8-4-2-3-5-10(8)19)9(6-15)13(16)20-14(11)18-17-7/h2-5,12,19H,16H2,1H3,(H,17,18)/t12-/m0/s1. The number of nitrogens with zero attached hydrogens (tertiary/aromatic N) is 2. The van der Waals surface area contributed by atoms with Gasteiger partial charge < -0.3 is 15.6 Å². The largest absolute Gasteiger partial charge is 0.508 e. The minimum atomic E-state index is -0.483. The first-order chi connectivity index (χ1) is 9.63. The molecule has 0 unspecified atom stereocenters. The lowest BCUT2D eigenvalue weighted by Crippen LogP contribution is -2.21. The van der Waals surface area contributed by atoms with Gasteiger partial charge in [0.25, 0.3) is 0 Å². The zero-order valence-electron chi connectivity index (χ0n) is 10.7. The third-order valence-electron chi connectivity index (χ3n) is 3.38. The molecule has 0 amide bonds. The van der Waals surface area contributed by atoms with E-state index in [9.17, 15) is 10.4 Å². The molecular formula is C14H12N4O2. The van der Waals surface area contributed by atoms with Crippen LogP contribution in [0.1, 0.15) is 22.7 Å². The van der Waals surface area contributed by atoms with Gasteiger partial charge in [-0.1, -0.05) is 18.2 Å². The summed E-state index contributed by atoms with van der Waals surface area (Å²) < 4.78 is 5.36. The van der Waals surface area contributed by atoms with Gasteiger partial charge in [-0.15, -0.1) is 5.10 Å². The summed E-state index contributed by atoms with van der Waals surface area (Å²) >= 11 is 0. The quantitative estimate of drug-likeness (QED) is 0.728. The van der Waals surface area contributed by atoms with Crippen LogP contribution in [0, 0.1) is 18.3 Å². The maximum absolute atomic E-state index is 10.1. The number of aromatic hydroxyl groups is 1. The third kappa shape index (κ3) is 1.61. The number of fused-ring (bicyclic) bond motifs is 1. The Labute approximate surface area is 115 Å². The van der Waals surface area contributed by atoms with Gasteiger partial charge in [0.1, 0.15) is 17.4 Å². The second-order valence-electron chi connectivity index (χ2n) is 4.55. The molecule has 2 aromatic rings. The number of aromatic nitrogens is 2. The lowest BCUT2D eigenvalue weighted by atomic mass is 9.84. The number of benzene rings is 1. The van der Waals surface area contributed by atoms with Crippen molar-refractivity contribution in [1.82, 2.24) is 10.2 Å². The molecule has 1 aliphatic heterocycles. The Morgan fingerprint density at radius 1 is 1.45 bits per heavy atom. The maximum Gasteiger partial charge on any atom is 0.244 e. The van der Waals surface area contributed by atoms with Crippen LogP contribution in [0.3, 0.4) is 0 Å².